The van der Waals surface area contributed by atoms with E-state index in [2.05, 4.69) is 12.2 Å². The highest BCUT2D eigenvalue weighted by atomic mass is 16.6. The van der Waals surface area contributed by atoms with Gasteiger partial charge in [-0.05, 0) is 31.0 Å². The van der Waals surface area contributed by atoms with E-state index in [1.165, 1.54) is 6.07 Å². The van der Waals surface area contributed by atoms with Crippen molar-refractivity contribution >= 4 is 17.3 Å². The zero-order valence-corrected chi connectivity index (χ0v) is 15.3. The van der Waals surface area contributed by atoms with Gasteiger partial charge in [0.1, 0.15) is 5.69 Å². The molecule has 0 radical (unpaired) electrons. The summed E-state index contributed by atoms with van der Waals surface area (Å²) in [6.07, 6.45) is 1.91. The van der Waals surface area contributed by atoms with Crippen LogP contribution in [-0.4, -0.2) is 28.8 Å². The monoisotopic (exact) mass is 355 g/mol. The first-order valence-electron chi connectivity index (χ1n) is 8.92. The van der Waals surface area contributed by atoms with Crippen LogP contribution in [0.2, 0.25) is 0 Å². The van der Waals surface area contributed by atoms with Crippen molar-refractivity contribution < 1.29 is 9.72 Å². The standard InChI is InChI=1S/C20H25N3O3/c1-3-5-13-22(4-2)20(24)17-11-12-18(19(14-17)23(25)26)21-15-16-9-7-6-8-10-16/h6-12,14,21H,3-5,13,15H2,1-2H3. The summed E-state index contributed by atoms with van der Waals surface area (Å²) in [5.41, 5.74) is 1.70. The van der Waals surface area contributed by atoms with Crippen LogP contribution in [0.4, 0.5) is 11.4 Å². The minimum absolute atomic E-state index is 0.0849. The van der Waals surface area contributed by atoms with Crippen LogP contribution in [0.25, 0.3) is 0 Å². The molecule has 2 rings (SSSR count). The predicted octanol–water partition coefficient (Wildman–Crippen LogP) is 4.47. The smallest absolute Gasteiger partial charge is 0.293 e. The number of benzene rings is 2. The van der Waals surface area contributed by atoms with E-state index in [-0.39, 0.29) is 11.6 Å². The highest BCUT2D eigenvalue weighted by Crippen LogP contribution is 2.27. The van der Waals surface area contributed by atoms with Crippen LogP contribution < -0.4 is 5.32 Å². The molecular formula is C20H25N3O3. The fourth-order valence-electron chi connectivity index (χ4n) is 2.69. The van der Waals surface area contributed by atoms with Crippen molar-refractivity contribution in [3.05, 3.63) is 69.8 Å². The third-order valence-corrected chi connectivity index (χ3v) is 4.22. The van der Waals surface area contributed by atoms with Crippen molar-refractivity contribution in [3.8, 4) is 0 Å². The number of hydrogen-bond donors (Lipinski definition) is 1. The minimum atomic E-state index is -0.452. The second kappa shape index (κ2) is 9.56. The lowest BCUT2D eigenvalue weighted by molar-refractivity contribution is -0.384. The van der Waals surface area contributed by atoms with Crippen LogP contribution in [0, 0.1) is 10.1 Å². The average Bonchev–Trinajstić information content (AvgIpc) is 2.67. The summed E-state index contributed by atoms with van der Waals surface area (Å²) in [6.45, 7) is 5.70. The third-order valence-electron chi connectivity index (χ3n) is 4.22. The van der Waals surface area contributed by atoms with Crippen LogP contribution in [0.1, 0.15) is 42.6 Å². The maximum Gasteiger partial charge on any atom is 0.293 e. The lowest BCUT2D eigenvalue weighted by Gasteiger charge is -2.20. The maximum atomic E-state index is 12.6. The molecule has 0 atom stereocenters. The Morgan fingerprint density at radius 2 is 1.88 bits per heavy atom. The fraction of sp³-hybridized carbons (Fsp3) is 0.350. The van der Waals surface area contributed by atoms with E-state index in [1.807, 2.05) is 37.3 Å². The molecule has 2 aromatic carbocycles. The second-order valence-corrected chi connectivity index (χ2v) is 6.07. The van der Waals surface area contributed by atoms with Gasteiger partial charge >= 0.3 is 0 Å². The highest BCUT2D eigenvalue weighted by molar-refractivity contribution is 5.95. The largest absolute Gasteiger partial charge is 0.375 e. The topological polar surface area (TPSA) is 75.5 Å². The first-order chi connectivity index (χ1) is 12.6. The predicted molar refractivity (Wildman–Crippen MR) is 103 cm³/mol. The number of nitrogens with one attached hydrogen (secondary N) is 1. The Morgan fingerprint density at radius 1 is 1.15 bits per heavy atom. The van der Waals surface area contributed by atoms with Crippen molar-refractivity contribution in [2.45, 2.75) is 33.2 Å². The van der Waals surface area contributed by atoms with E-state index in [4.69, 9.17) is 0 Å². The summed E-state index contributed by atoms with van der Waals surface area (Å²) < 4.78 is 0. The molecule has 0 aliphatic heterocycles. The molecule has 0 saturated heterocycles. The number of nitro benzene ring substituents is 1. The number of anilines is 1. The number of amides is 1. The van der Waals surface area contributed by atoms with E-state index < -0.39 is 4.92 Å². The highest BCUT2D eigenvalue weighted by Gasteiger charge is 2.20. The van der Waals surface area contributed by atoms with Crippen LogP contribution >= 0.6 is 0 Å². The molecule has 0 saturated carbocycles. The first-order valence-corrected chi connectivity index (χ1v) is 8.92. The molecule has 0 bridgehead atoms. The Balaban J connectivity index is 2.19. The Labute approximate surface area is 154 Å². The van der Waals surface area contributed by atoms with Crippen molar-refractivity contribution in [1.29, 1.82) is 0 Å². The van der Waals surface area contributed by atoms with Gasteiger partial charge in [0.05, 0.1) is 4.92 Å². The molecule has 6 heteroatoms. The zero-order chi connectivity index (χ0) is 18.9. The van der Waals surface area contributed by atoms with Crippen molar-refractivity contribution in [2.75, 3.05) is 18.4 Å². The molecule has 2 aromatic rings. The van der Waals surface area contributed by atoms with E-state index in [0.29, 0.717) is 30.9 Å². The molecule has 0 heterocycles. The molecule has 0 spiro atoms. The van der Waals surface area contributed by atoms with Crippen LogP contribution in [0.5, 0.6) is 0 Å². The number of unbranched alkanes of at least 4 members (excludes halogenated alkanes) is 1. The van der Waals surface area contributed by atoms with Gasteiger partial charge in [0, 0.05) is 31.3 Å². The molecule has 26 heavy (non-hydrogen) atoms. The van der Waals surface area contributed by atoms with E-state index >= 15 is 0 Å². The Kier molecular flexibility index (Phi) is 7.14. The molecule has 1 N–H and O–H groups in total. The van der Waals surface area contributed by atoms with E-state index in [0.717, 1.165) is 18.4 Å². The summed E-state index contributed by atoms with van der Waals surface area (Å²) in [7, 11) is 0. The van der Waals surface area contributed by atoms with Crippen LogP contribution in [0.15, 0.2) is 48.5 Å². The zero-order valence-electron chi connectivity index (χ0n) is 15.3. The summed E-state index contributed by atoms with van der Waals surface area (Å²) >= 11 is 0. The van der Waals surface area contributed by atoms with Gasteiger partial charge in [0.2, 0.25) is 0 Å². The molecule has 138 valence electrons. The lowest BCUT2D eigenvalue weighted by Crippen LogP contribution is -2.31. The second-order valence-electron chi connectivity index (χ2n) is 6.07. The summed E-state index contributed by atoms with van der Waals surface area (Å²) in [6, 6.07) is 14.3. The molecule has 0 aliphatic rings. The van der Waals surface area contributed by atoms with Crippen molar-refractivity contribution in [3.63, 3.8) is 0 Å². The summed E-state index contributed by atoms with van der Waals surface area (Å²) in [4.78, 5) is 25.4. The fourth-order valence-corrected chi connectivity index (χ4v) is 2.69. The Bertz CT molecular complexity index is 747. The van der Waals surface area contributed by atoms with Gasteiger partial charge in [0.15, 0.2) is 0 Å². The average molecular weight is 355 g/mol. The molecular weight excluding hydrogens is 330 g/mol. The number of rotatable bonds is 9. The maximum absolute atomic E-state index is 12.6. The number of carbonyl (C=O) groups excluding carboxylic acids is 1. The van der Waals surface area contributed by atoms with Crippen molar-refractivity contribution in [1.82, 2.24) is 4.90 Å². The van der Waals surface area contributed by atoms with E-state index in [1.54, 1.807) is 17.0 Å². The Hall–Kier alpha value is -2.89. The van der Waals surface area contributed by atoms with Gasteiger partial charge < -0.3 is 10.2 Å². The first kappa shape index (κ1) is 19.4. The normalized spacial score (nSPS) is 10.4. The molecule has 0 aliphatic carbocycles. The molecule has 0 fully saturated rings. The number of nitro groups is 1. The van der Waals surface area contributed by atoms with Gasteiger partial charge in [-0.2, -0.15) is 0 Å². The molecule has 0 unspecified atom stereocenters. The third kappa shape index (κ3) is 5.05. The Morgan fingerprint density at radius 3 is 2.50 bits per heavy atom. The lowest BCUT2D eigenvalue weighted by atomic mass is 10.1. The number of nitrogens with zero attached hydrogens (tertiary/aromatic N) is 2. The van der Waals surface area contributed by atoms with Gasteiger partial charge in [0.25, 0.3) is 11.6 Å². The quantitative estimate of drug-likeness (QED) is 0.532. The SMILES string of the molecule is CCCCN(CC)C(=O)c1ccc(NCc2ccccc2)c([N+](=O)[O-])c1. The van der Waals surface area contributed by atoms with Crippen LogP contribution in [0.3, 0.4) is 0 Å². The number of hydrogen-bond acceptors (Lipinski definition) is 4. The minimum Gasteiger partial charge on any atom is -0.375 e. The molecule has 0 aromatic heterocycles. The molecule has 1 amide bonds. The van der Waals surface area contributed by atoms with Crippen LogP contribution in [-0.2, 0) is 6.54 Å². The van der Waals surface area contributed by atoms with Gasteiger partial charge in [-0.1, -0.05) is 43.7 Å². The van der Waals surface area contributed by atoms with Gasteiger partial charge in [-0.3, -0.25) is 14.9 Å². The summed E-state index contributed by atoms with van der Waals surface area (Å²) in [5.74, 6) is -0.168. The van der Waals surface area contributed by atoms with Gasteiger partial charge in [-0.25, -0.2) is 0 Å². The van der Waals surface area contributed by atoms with E-state index in [9.17, 15) is 14.9 Å². The summed E-state index contributed by atoms with van der Waals surface area (Å²) in [5, 5.41) is 14.5. The number of carbonyl (C=O) groups is 1. The van der Waals surface area contributed by atoms with Gasteiger partial charge in [-0.15, -0.1) is 0 Å². The molecule has 6 nitrogen and oxygen atoms in total. The van der Waals surface area contributed by atoms with Crippen molar-refractivity contribution in [2.24, 2.45) is 0 Å².